The van der Waals surface area contributed by atoms with Crippen molar-refractivity contribution in [2.45, 2.75) is 32.2 Å². The Morgan fingerprint density at radius 2 is 1.90 bits per heavy atom. The molecule has 3 fully saturated rings. The van der Waals surface area contributed by atoms with E-state index in [0.717, 1.165) is 19.5 Å². The van der Waals surface area contributed by atoms with Crippen LogP contribution in [-0.4, -0.2) is 49.6 Å². The van der Waals surface area contributed by atoms with Gasteiger partial charge >= 0.3 is 0 Å². The van der Waals surface area contributed by atoms with Gasteiger partial charge < -0.3 is 15.1 Å². The maximum atomic E-state index is 14.5. The standard InChI is InChI=1S/C29H34FN5O4S/c1-17(2)15-39-23-11-19(10-22(30)12-23)25-8-7-24(29(32-25)35-13-20-9-21(14-35)18(20)3)26(36)16-40(37,38)28-6-4-5-27(33-28)34-31/h4-8,10-12,17-18,20-21H,9,13-16,31H2,1-3H3,(H,33,34). The summed E-state index contributed by atoms with van der Waals surface area (Å²) >= 11 is 0. The highest BCUT2D eigenvalue weighted by atomic mass is 32.2. The monoisotopic (exact) mass is 567 g/mol. The largest absolute Gasteiger partial charge is 0.493 e. The van der Waals surface area contributed by atoms with E-state index in [2.05, 4.69) is 22.2 Å². The van der Waals surface area contributed by atoms with Gasteiger partial charge in [0.2, 0.25) is 9.84 Å². The summed E-state index contributed by atoms with van der Waals surface area (Å²) in [6.07, 6.45) is 1.13. The van der Waals surface area contributed by atoms with E-state index in [1.54, 1.807) is 18.2 Å². The first-order valence-electron chi connectivity index (χ1n) is 13.4. The Morgan fingerprint density at radius 3 is 2.58 bits per heavy atom. The molecule has 3 N–H and O–H groups in total. The van der Waals surface area contributed by atoms with Crippen molar-refractivity contribution in [3.05, 3.63) is 59.9 Å². The van der Waals surface area contributed by atoms with Crippen LogP contribution in [0.2, 0.25) is 0 Å². The molecule has 9 nitrogen and oxygen atoms in total. The van der Waals surface area contributed by atoms with Crippen LogP contribution in [0.25, 0.3) is 11.3 Å². The number of ketones is 1. The molecule has 1 aromatic carbocycles. The number of sulfone groups is 1. The third-order valence-corrected chi connectivity index (χ3v) is 9.25. The molecule has 40 heavy (non-hydrogen) atoms. The minimum atomic E-state index is -4.05. The first-order valence-corrected chi connectivity index (χ1v) is 15.1. The van der Waals surface area contributed by atoms with E-state index in [1.165, 1.54) is 30.3 Å². The van der Waals surface area contributed by atoms with Crippen molar-refractivity contribution in [3.63, 3.8) is 0 Å². The number of ether oxygens (including phenoxy) is 1. The van der Waals surface area contributed by atoms with Gasteiger partial charge in [-0.1, -0.05) is 26.8 Å². The number of hydrazine groups is 1. The Bertz CT molecular complexity index is 1520. The quantitative estimate of drug-likeness (QED) is 0.209. The normalized spacial score (nSPS) is 20.2. The molecule has 2 saturated heterocycles. The van der Waals surface area contributed by atoms with Gasteiger partial charge in [-0.05, 0) is 66.5 Å². The van der Waals surface area contributed by atoms with Crippen molar-refractivity contribution in [2.24, 2.45) is 29.5 Å². The number of Topliss-reactive ketones (excluding diaryl/α,β-unsaturated/α-hetero) is 1. The number of nitrogens with one attached hydrogen (secondary N) is 1. The summed E-state index contributed by atoms with van der Waals surface area (Å²) in [5.74, 6) is 6.38. The van der Waals surface area contributed by atoms with Crippen molar-refractivity contribution in [1.82, 2.24) is 9.97 Å². The summed E-state index contributed by atoms with van der Waals surface area (Å²) in [6, 6.07) is 12.0. The summed E-state index contributed by atoms with van der Waals surface area (Å²) in [6.45, 7) is 8.14. The van der Waals surface area contributed by atoms with Gasteiger partial charge in [0.05, 0.1) is 17.9 Å². The van der Waals surface area contributed by atoms with Gasteiger partial charge in [-0.3, -0.25) is 4.79 Å². The van der Waals surface area contributed by atoms with Crippen LogP contribution in [0, 0.1) is 29.5 Å². The molecule has 2 aromatic heterocycles. The zero-order valence-corrected chi connectivity index (χ0v) is 23.6. The van der Waals surface area contributed by atoms with Gasteiger partial charge in [-0.15, -0.1) is 0 Å². The molecule has 3 aromatic rings. The lowest BCUT2D eigenvalue weighted by Gasteiger charge is -2.53. The van der Waals surface area contributed by atoms with Crippen LogP contribution in [-0.2, 0) is 9.84 Å². The molecule has 4 heterocycles. The highest BCUT2D eigenvalue weighted by Gasteiger charge is 2.44. The zero-order chi connectivity index (χ0) is 28.6. The molecule has 2 aliphatic heterocycles. The summed E-state index contributed by atoms with van der Waals surface area (Å²) < 4.78 is 46.5. The van der Waals surface area contributed by atoms with E-state index >= 15 is 0 Å². The van der Waals surface area contributed by atoms with Crippen LogP contribution in [0.1, 0.15) is 37.6 Å². The SMILES string of the molecule is CC(C)COc1cc(F)cc(-c2ccc(C(=O)CS(=O)(=O)c3cccc(NN)n3)c(N3CC4CC(C3)C4C)n2)c1. The van der Waals surface area contributed by atoms with E-state index in [1.807, 2.05) is 13.8 Å². The number of hydrogen-bond acceptors (Lipinski definition) is 9. The molecule has 1 aliphatic carbocycles. The van der Waals surface area contributed by atoms with Crippen molar-refractivity contribution < 1.29 is 22.3 Å². The first-order chi connectivity index (χ1) is 19.0. The number of aromatic nitrogens is 2. The smallest absolute Gasteiger partial charge is 0.203 e. The van der Waals surface area contributed by atoms with Gasteiger partial charge in [0, 0.05) is 24.7 Å². The maximum Gasteiger partial charge on any atom is 0.203 e. The molecule has 1 saturated carbocycles. The Balaban J connectivity index is 1.49. The minimum absolute atomic E-state index is 0.175. The highest BCUT2D eigenvalue weighted by molar-refractivity contribution is 7.92. The molecular weight excluding hydrogens is 533 g/mol. The lowest BCUT2D eigenvalue weighted by Crippen LogP contribution is -2.54. The second-order valence-electron chi connectivity index (χ2n) is 11.2. The number of nitrogen functional groups attached to an aromatic ring is 1. The molecule has 2 bridgehead atoms. The van der Waals surface area contributed by atoms with E-state index in [4.69, 9.17) is 15.6 Å². The van der Waals surface area contributed by atoms with E-state index in [0.29, 0.717) is 47.2 Å². The Labute approximate surface area is 233 Å². The van der Waals surface area contributed by atoms with Gasteiger partial charge in [0.15, 0.2) is 10.8 Å². The van der Waals surface area contributed by atoms with E-state index in [9.17, 15) is 17.6 Å². The second-order valence-corrected chi connectivity index (χ2v) is 13.1. The maximum absolute atomic E-state index is 14.5. The number of halogens is 1. The first kappa shape index (κ1) is 28.0. The number of anilines is 2. The van der Waals surface area contributed by atoms with Gasteiger partial charge in [0.25, 0.3) is 0 Å². The summed E-state index contributed by atoms with van der Waals surface area (Å²) in [4.78, 5) is 24.4. The molecule has 2 atom stereocenters. The molecule has 0 radical (unpaired) electrons. The number of fused-ring (bicyclic) bond motifs is 2. The molecular formula is C29H34FN5O4S. The van der Waals surface area contributed by atoms with Crippen molar-refractivity contribution in [1.29, 1.82) is 0 Å². The summed E-state index contributed by atoms with van der Waals surface area (Å²) in [5.41, 5.74) is 3.51. The molecule has 212 valence electrons. The molecule has 2 unspecified atom stereocenters. The number of nitrogens with two attached hydrogens (primary N) is 1. The number of rotatable bonds is 10. The predicted molar refractivity (Wildman–Crippen MR) is 151 cm³/mol. The fraction of sp³-hybridized carbons (Fsp3) is 0.414. The van der Waals surface area contributed by atoms with E-state index in [-0.39, 0.29) is 22.3 Å². The molecule has 6 rings (SSSR count). The van der Waals surface area contributed by atoms with E-state index < -0.39 is 27.2 Å². The lowest BCUT2D eigenvalue weighted by atomic mass is 9.62. The Hall–Kier alpha value is -3.57. The van der Waals surface area contributed by atoms with Gasteiger partial charge in [-0.2, -0.15) is 0 Å². The van der Waals surface area contributed by atoms with Crippen molar-refractivity contribution in [3.8, 4) is 17.0 Å². The molecule has 11 heteroatoms. The minimum Gasteiger partial charge on any atom is -0.493 e. The molecule has 3 aliphatic rings. The van der Waals surface area contributed by atoms with Crippen LogP contribution >= 0.6 is 0 Å². The number of piperidine rings is 2. The van der Waals surface area contributed by atoms with Crippen LogP contribution in [0.15, 0.2) is 53.6 Å². The second kappa shape index (κ2) is 11.1. The van der Waals surface area contributed by atoms with Crippen LogP contribution in [0.5, 0.6) is 5.75 Å². The summed E-state index contributed by atoms with van der Waals surface area (Å²) in [7, 11) is -4.05. The molecule has 0 amide bonds. The average molecular weight is 568 g/mol. The van der Waals surface area contributed by atoms with Crippen LogP contribution < -0.4 is 20.9 Å². The topological polar surface area (TPSA) is 128 Å². The third kappa shape index (κ3) is 5.80. The number of pyridine rings is 2. The van der Waals surface area contributed by atoms with Crippen molar-refractivity contribution in [2.75, 3.05) is 35.8 Å². The number of carbonyl (C=O) groups excluding carboxylic acids is 1. The zero-order valence-electron chi connectivity index (χ0n) is 22.8. The number of benzene rings is 1. The number of carbonyl (C=O) groups is 1. The van der Waals surface area contributed by atoms with Gasteiger partial charge in [0.1, 0.15) is 29.0 Å². The highest BCUT2D eigenvalue weighted by Crippen LogP contribution is 2.46. The summed E-state index contributed by atoms with van der Waals surface area (Å²) in [5, 5.41) is -0.246. The predicted octanol–water partition coefficient (Wildman–Crippen LogP) is 4.35. The third-order valence-electron chi connectivity index (χ3n) is 7.74. The van der Waals surface area contributed by atoms with Crippen molar-refractivity contribution >= 4 is 27.3 Å². The number of hydrogen-bond donors (Lipinski definition) is 2. The fourth-order valence-electron chi connectivity index (χ4n) is 5.42. The lowest BCUT2D eigenvalue weighted by molar-refractivity contribution is 0.0633. The Morgan fingerprint density at radius 1 is 1.15 bits per heavy atom. The molecule has 0 spiro atoms. The van der Waals surface area contributed by atoms with Crippen LogP contribution in [0.3, 0.4) is 0 Å². The fourth-order valence-corrected chi connectivity index (χ4v) is 6.59. The van der Waals surface area contributed by atoms with Gasteiger partial charge in [-0.25, -0.2) is 28.6 Å². The van der Waals surface area contributed by atoms with Crippen LogP contribution in [0.4, 0.5) is 16.0 Å². The number of nitrogens with zero attached hydrogens (tertiary/aromatic N) is 3. The Kier molecular flexibility index (Phi) is 7.78. The average Bonchev–Trinajstić information content (AvgIpc) is 2.95.